The molecule has 0 aliphatic carbocycles. The summed E-state index contributed by atoms with van der Waals surface area (Å²) >= 11 is 6.14. The predicted molar refractivity (Wildman–Crippen MR) is 88.4 cm³/mol. The fourth-order valence-electron chi connectivity index (χ4n) is 2.93. The van der Waals surface area contributed by atoms with Gasteiger partial charge in [-0.15, -0.1) is 0 Å². The lowest BCUT2D eigenvalue weighted by atomic mass is 10.1. The molecule has 1 fully saturated rings. The second-order valence-corrected chi connectivity index (χ2v) is 6.43. The third-order valence-corrected chi connectivity index (χ3v) is 4.30. The average Bonchev–Trinajstić information content (AvgIpc) is 3.02. The van der Waals surface area contributed by atoms with Gasteiger partial charge in [-0.1, -0.05) is 11.6 Å². The van der Waals surface area contributed by atoms with Crippen molar-refractivity contribution in [3.63, 3.8) is 0 Å². The van der Waals surface area contributed by atoms with Crippen LogP contribution in [0.5, 0.6) is 11.5 Å². The number of fused-ring (bicyclic) bond motifs is 1. The van der Waals surface area contributed by atoms with Crippen molar-refractivity contribution in [1.82, 2.24) is 9.80 Å². The molecule has 0 aromatic heterocycles. The quantitative estimate of drug-likeness (QED) is 0.824. The molecule has 1 N–H and O–H groups in total. The molecule has 8 nitrogen and oxygen atoms in total. The van der Waals surface area contributed by atoms with Gasteiger partial charge < -0.3 is 24.2 Å². The van der Waals surface area contributed by atoms with E-state index in [4.69, 9.17) is 30.9 Å². The van der Waals surface area contributed by atoms with E-state index in [9.17, 15) is 9.59 Å². The minimum Gasteiger partial charge on any atom is -0.480 e. The van der Waals surface area contributed by atoms with Crippen LogP contribution in [-0.4, -0.2) is 79.5 Å². The highest BCUT2D eigenvalue weighted by Crippen LogP contribution is 2.40. The van der Waals surface area contributed by atoms with Gasteiger partial charge in [0.15, 0.2) is 11.5 Å². The summed E-state index contributed by atoms with van der Waals surface area (Å²) in [5, 5.41) is 9.16. The second-order valence-electron chi connectivity index (χ2n) is 6.03. The molecule has 0 bridgehead atoms. The molecule has 2 heterocycles. The predicted octanol–water partition coefficient (Wildman–Crippen LogP) is 0.926. The van der Waals surface area contributed by atoms with Gasteiger partial charge >= 0.3 is 5.97 Å². The number of amides is 1. The maximum atomic E-state index is 12.8. The summed E-state index contributed by atoms with van der Waals surface area (Å²) in [5.74, 6) is -0.161. The summed E-state index contributed by atoms with van der Waals surface area (Å²) in [4.78, 5) is 26.8. The highest BCUT2D eigenvalue weighted by atomic mass is 35.5. The lowest BCUT2D eigenvalue weighted by Crippen LogP contribution is -2.49. The number of nitrogens with zero attached hydrogens (tertiary/aromatic N) is 2. The molecule has 9 heteroatoms. The molecule has 1 amide bonds. The van der Waals surface area contributed by atoms with Crippen LogP contribution in [0.15, 0.2) is 12.1 Å². The Balaban J connectivity index is 1.66. The van der Waals surface area contributed by atoms with Gasteiger partial charge in [0.05, 0.1) is 24.3 Å². The zero-order chi connectivity index (χ0) is 18.0. The Morgan fingerprint density at radius 2 is 2.20 bits per heavy atom. The first-order valence-corrected chi connectivity index (χ1v) is 8.22. The molecule has 136 valence electrons. The van der Waals surface area contributed by atoms with Crippen LogP contribution in [0.2, 0.25) is 5.02 Å². The van der Waals surface area contributed by atoms with Crippen molar-refractivity contribution in [3.8, 4) is 11.5 Å². The van der Waals surface area contributed by atoms with Crippen molar-refractivity contribution in [3.05, 3.63) is 22.7 Å². The Kier molecular flexibility index (Phi) is 5.31. The van der Waals surface area contributed by atoms with E-state index in [1.54, 1.807) is 29.0 Å². The zero-order valence-electron chi connectivity index (χ0n) is 13.7. The monoisotopic (exact) mass is 370 g/mol. The largest absolute Gasteiger partial charge is 0.480 e. The standard InChI is InChI=1S/C16H19ClN2O6/c1-18(8-14(20)21)6-11-7-19(2-3-23-11)16(22)10-4-12(17)15-13(5-10)24-9-25-15/h4-5,11H,2-3,6-9H2,1H3,(H,20,21)/t11-/m0/s1. The van der Waals surface area contributed by atoms with Crippen molar-refractivity contribution in [2.45, 2.75) is 6.10 Å². The van der Waals surface area contributed by atoms with Crippen LogP contribution in [-0.2, 0) is 9.53 Å². The SMILES string of the molecule is CN(CC(=O)O)C[C@H]1CN(C(=O)c2cc(Cl)c3c(c2)OCO3)CCO1. The van der Waals surface area contributed by atoms with Gasteiger partial charge in [0.2, 0.25) is 6.79 Å². The van der Waals surface area contributed by atoms with Crippen molar-refractivity contribution in [2.24, 2.45) is 0 Å². The Morgan fingerprint density at radius 3 is 2.96 bits per heavy atom. The highest BCUT2D eigenvalue weighted by Gasteiger charge is 2.28. The minimum atomic E-state index is -0.902. The molecular weight excluding hydrogens is 352 g/mol. The summed E-state index contributed by atoms with van der Waals surface area (Å²) < 4.78 is 16.2. The van der Waals surface area contributed by atoms with Crippen LogP contribution in [0.3, 0.4) is 0 Å². The van der Waals surface area contributed by atoms with Gasteiger partial charge in [-0.3, -0.25) is 14.5 Å². The fourth-order valence-corrected chi connectivity index (χ4v) is 3.20. The summed E-state index contributed by atoms with van der Waals surface area (Å²) in [6.45, 7) is 1.68. The number of rotatable bonds is 5. The average molecular weight is 371 g/mol. The molecule has 3 rings (SSSR count). The number of hydrogen-bond acceptors (Lipinski definition) is 6. The molecule has 2 aliphatic heterocycles. The smallest absolute Gasteiger partial charge is 0.317 e. The van der Waals surface area contributed by atoms with Crippen molar-refractivity contribution >= 4 is 23.5 Å². The Bertz CT molecular complexity index is 683. The molecule has 0 radical (unpaired) electrons. The normalized spacial score (nSPS) is 19.3. The summed E-state index contributed by atoms with van der Waals surface area (Å²) in [7, 11) is 1.70. The number of hydrogen-bond donors (Lipinski definition) is 1. The number of carboxylic acid groups (broad SMARTS) is 1. The van der Waals surface area contributed by atoms with Crippen molar-refractivity contribution in [1.29, 1.82) is 0 Å². The molecule has 0 spiro atoms. The highest BCUT2D eigenvalue weighted by molar-refractivity contribution is 6.32. The number of carboxylic acids is 1. The molecular formula is C16H19ClN2O6. The van der Waals surface area contributed by atoms with Crippen molar-refractivity contribution in [2.75, 3.05) is 46.6 Å². The Labute approximate surface area is 149 Å². The van der Waals surface area contributed by atoms with E-state index >= 15 is 0 Å². The molecule has 1 aromatic carbocycles. The van der Waals surface area contributed by atoms with E-state index in [1.807, 2.05) is 0 Å². The van der Waals surface area contributed by atoms with Crippen LogP contribution in [0.4, 0.5) is 0 Å². The number of likely N-dealkylation sites (N-methyl/N-ethyl adjacent to an activating group) is 1. The number of benzene rings is 1. The van der Waals surface area contributed by atoms with Gasteiger partial charge in [-0.05, 0) is 19.2 Å². The van der Waals surface area contributed by atoms with Crippen LogP contribution in [0.25, 0.3) is 0 Å². The minimum absolute atomic E-state index is 0.0778. The van der Waals surface area contributed by atoms with Gasteiger partial charge in [0.1, 0.15) is 0 Å². The third kappa shape index (κ3) is 4.15. The van der Waals surface area contributed by atoms with E-state index < -0.39 is 5.97 Å². The molecule has 1 aromatic rings. The molecule has 2 aliphatic rings. The van der Waals surface area contributed by atoms with Crippen LogP contribution < -0.4 is 9.47 Å². The first kappa shape index (κ1) is 17.8. The Morgan fingerprint density at radius 1 is 1.40 bits per heavy atom. The summed E-state index contributed by atoms with van der Waals surface area (Å²) in [6, 6.07) is 3.19. The molecule has 0 unspecified atom stereocenters. The summed E-state index contributed by atoms with van der Waals surface area (Å²) in [5.41, 5.74) is 0.425. The second kappa shape index (κ2) is 7.47. The fraction of sp³-hybridized carbons (Fsp3) is 0.500. The van der Waals surface area contributed by atoms with E-state index in [-0.39, 0.29) is 25.3 Å². The maximum Gasteiger partial charge on any atom is 0.317 e. The number of morpholine rings is 1. The van der Waals surface area contributed by atoms with Crippen molar-refractivity contribution < 1.29 is 28.9 Å². The summed E-state index contributed by atoms with van der Waals surface area (Å²) in [6.07, 6.45) is -0.244. The molecule has 1 saturated heterocycles. The van der Waals surface area contributed by atoms with Crippen LogP contribution in [0, 0.1) is 0 Å². The van der Waals surface area contributed by atoms with Gasteiger partial charge in [-0.25, -0.2) is 0 Å². The van der Waals surface area contributed by atoms with E-state index in [1.165, 1.54) is 0 Å². The first-order valence-electron chi connectivity index (χ1n) is 7.84. The Hall–Kier alpha value is -2.03. The lowest BCUT2D eigenvalue weighted by Gasteiger charge is -2.34. The van der Waals surface area contributed by atoms with Crippen LogP contribution >= 0.6 is 11.6 Å². The number of carbonyl (C=O) groups excluding carboxylic acids is 1. The van der Waals surface area contributed by atoms with Crippen LogP contribution in [0.1, 0.15) is 10.4 Å². The number of halogens is 1. The third-order valence-electron chi connectivity index (χ3n) is 4.02. The molecule has 25 heavy (non-hydrogen) atoms. The van der Waals surface area contributed by atoms with E-state index in [0.29, 0.717) is 48.3 Å². The maximum absolute atomic E-state index is 12.8. The van der Waals surface area contributed by atoms with Gasteiger partial charge in [0.25, 0.3) is 5.91 Å². The molecule has 1 atom stereocenters. The molecule has 0 saturated carbocycles. The van der Waals surface area contributed by atoms with Gasteiger partial charge in [0, 0.05) is 25.2 Å². The number of carbonyl (C=O) groups is 2. The number of ether oxygens (including phenoxy) is 3. The lowest BCUT2D eigenvalue weighted by molar-refractivity contribution is -0.138. The zero-order valence-corrected chi connectivity index (χ0v) is 14.5. The van der Waals surface area contributed by atoms with E-state index in [2.05, 4.69) is 0 Å². The van der Waals surface area contributed by atoms with E-state index in [0.717, 1.165) is 0 Å². The van der Waals surface area contributed by atoms with Gasteiger partial charge in [-0.2, -0.15) is 0 Å². The number of aliphatic carboxylic acids is 1. The topological polar surface area (TPSA) is 88.5 Å². The first-order chi connectivity index (χ1) is 11.9.